The number of rotatable bonds is 3. The van der Waals surface area contributed by atoms with Gasteiger partial charge in [0.2, 0.25) is 0 Å². The lowest BCUT2D eigenvalue weighted by atomic mass is 10.1. The van der Waals surface area contributed by atoms with E-state index in [9.17, 15) is 18.0 Å². The number of piperidine rings is 1. The Morgan fingerprint density at radius 1 is 1.25 bits per heavy atom. The van der Waals surface area contributed by atoms with Gasteiger partial charge in [0, 0.05) is 13.1 Å². The number of nitrogens with one attached hydrogen (secondary N) is 1. The van der Waals surface area contributed by atoms with Crippen LogP contribution in [-0.2, 0) is 11.3 Å². The fraction of sp³-hybridized carbons (Fsp3) is 0.500. The molecule has 1 atom stereocenters. The van der Waals surface area contributed by atoms with E-state index in [1.54, 1.807) is 0 Å². The number of amides is 1. The summed E-state index contributed by atoms with van der Waals surface area (Å²) in [7, 11) is 0. The number of hydrogen-bond donors (Lipinski definition) is 1. The molecule has 3 nitrogen and oxygen atoms in total. The van der Waals surface area contributed by atoms with Crippen molar-refractivity contribution in [1.29, 1.82) is 0 Å². The molecule has 1 aromatic rings. The zero-order valence-electron chi connectivity index (χ0n) is 11.0. The van der Waals surface area contributed by atoms with Crippen molar-refractivity contribution in [3.63, 3.8) is 0 Å². The number of hydrogen-bond acceptors (Lipinski definition) is 2. The monoisotopic (exact) mass is 286 g/mol. The van der Waals surface area contributed by atoms with Gasteiger partial charge in [-0.2, -0.15) is 13.2 Å². The van der Waals surface area contributed by atoms with Crippen LogP contribution in [0.3, 0.4) is 0 Å². The van der Waals surface area contributed by atoms with Crippen LogP contribution in [0.2, 0.25) is 0 Å². The standard InChI is InChI=1S/C14H17F3N2O/c15-14(16,17)13(20)18-12-8-4-5-9-19(12)10-11-6-2-1-3-7-11/h1-3,6-7,12H,4-5,8-10H2,(H,18,20). The first-order chi connectivity index (χ1) is 9.47. The van der Waals surface area contributed by atoms with Crippen molar-refractivity contribution in [2.45, 2.75) is 38.1 Å². The topological polar surface area (TPSA) is 32.3 Å². The smallest absolute Gasteiger partial charge is 0.333 e. The number of carbonyl (C=O) groups is 1. The number of alkyl halides is 3. The van der Waals surface area contributed by atoms with E-state index in [0.717, 1.165) is 18.4 Å². The third-order valence-corrected chi connectivity index (χ3v) is 3.40. The van der Waals surface area contributed by atoms with Gasteiger partial charge in [-0.3, -0.25) is 9.69 Å². The Labute approximate surface area is 115 Å². The highest BCUT2D eigenvalue weighted by atomic mass is 19.4. The van der Waals surface area contributed by atoms with E-state index in [-0.39, 0.29) is 0 Å². The summed E-state index contributed by atoms with van der Waals surface area (Å²) in [6.45, 7) is 1.24. The minimum atomic E-state index is -4.82. The lowest BCUT2D eigenvalue weighted by Crippen LogP contribution is -2.53. The lowest BCUT2D eigenvalue weighted by Gasteiger charge is -2.36. The number of likely N-dealkylation sites (tertiary alicyclic amines) is 1. The Bertz CT molecular complexity index is 447. The van der Waals surface area contributed by atoms with Crippen molar-refractivity contribution in [3.8, 4) is 0 Å². The second kappa shape index (κ2) is 6.26. The number of benzene rings is 1. The molecule has 1 amide bonds. The van der Waals surface area contributed by atoms with Crippen LogP contribution in [0.25, 0.3) is 0 Å². The molecule has 1 aliphatic heterocycles. The quantitative estimate of drug-likeness (QED) is 0.926. The molecule has 0 spiro atoms. The molecular weight excluding hydrogens is 269 g/mol. The first-order valence-electron chi connectivity index (χ1n) is 6.62. The molecule has 110 valence electrons. The van der Waals surface area contributed by atoms with E-state index in [2.05, 4.69) is 5.32 Å². The highest BCUT2D eigenvalue weighted by molar-refractivity contribution is 5.81. The fourth-order valence-electron chi connectivity index (χ4n) is 2.39. The predicted molar refractivity (Wildman–Crippen MR) is 68.7 cm³/mol. The molecule has 0 aromatic heterocycles. The molecule has 1 aromatic carbocycles. The van der Waals surface area contributed by atoms with Crippen molar-refractivity contribution in [3.05, 3.63) is 35.9 Å². The third kappa shape index (κ3) is 3.96. The summed E-state index contributed by atoms with van der Waals surface area (Å²) in [5.41, 5.74) is 1.03. The average molecular weight is 286 g/mol. The molecule has 6 heteroatoms. The molecular formula is C14H17F3N2O. The van der Waals surface area contributed by atoms with Crippen molar-refractivity contribution >= 4 is 5.91 Å². The molecule has 1 aliphatic rings. The van der Waals surface area contributed by atoms with Crippen molar-refractivity contribution in [2.75, 3.05) is 6.54 Å². The molecule has 0 radical (unpaired) electrons. The van der Waals surface area contributed by atoms with Gasteiger partial charge in [0.15, 0.2) is 0 Å². The van der Waals surface area contributed by atoms with Gasteiger partial charge in [-0.1, -0.05) is 30.3 Å². The maximum absolute atomic E-state index is 12.3. The van der Waals surface area contributed by atoms with E-state index >= 15 is 0 Å². The predicted octanol–water partition coefficient (Wildman–Crippen LogP) is 2.68. The molecule has 1 unspecified atom stereocenters. The van der Waals surface area contributed by atoms with E-state index in [1.165, 1.54) is 0 Å². The van der Waals surface area contributed by atoms with Crippen LogP contribution < -0.4 is 5.32 Å². The molecule has 2 rings (SSSR count). The Morgan fingerprint density at radius 2 is 1.95 bits per heavy atom. The van der Waals surface area contributed by atoms with Crippen molar-refractivity contribution in [1.82, 2.24) is 10.2 Å². The molecule has 1 fully saturated rings. The summed E-state index contributed by atoms with van der Waals surface area (Å²) >= 11 is 0. The van der Waals surface area contributed by atoms with E-state index < -0.39 is 18.2 Å². The largest absolute Gasteiger partial charge is 0.471 e. The van der Waals surface area contributed by atoms with Gasteiger partial charge in [-0.25, -0.2) is 0 Å². The lowest BCUT2D eigenvalue weighted by molar-refractivity contribution is -0.176. The van der Waals surface area contributed by atoms with Gasteiger partial charge in [0.1, 0.15) is 0 Å². The van der Waals surface area contributed by atoms with Gasteiger partial charge in [0.05, 0.1) is 6.17 Å². The Hall–Kier alpha value is -1.56. The van der Waals surface area contributed by atoms with Crippen LogP contribution in [0.4, 0.5) is 13.2 Å². The highest BCUT2D eigenvalue weighted by Gasteiger charge is 2.40. The first kappa shape index (κ1) is 14.8. The maximum Gasteiger partial charge on any atom is 0.471 e. The molecule has 0 saturated carbocycles. The number of halogens is 3. The van der Waals surface area contributed by atoms with Crippen molar-refractivity contribution in [2.24, 2.45) is 0 Å². The van der Waals surface area contributed by atoms with Crippen LogP contribution in [0.1, 0.15) is 24.8 Å². The van der Waals surface area contributed by atoms with E-state index in [4.69, 9.17) is 0 Å². The SMILES string of the molecule is O=C(NC1CCCCN1Cc1ccccc1)C(F)(F)F. The molecule has 0 aliphatic carbocycles. The summed E-state index contributed by atoms with van der Waals surface area (Å²) < 4.78 is 37.0. The highest BCUT2D eigenvalue weighted by Crippen LogP contribution is 2.20. The van der Waals surface area contributed by atoms with Gasteiger partial charge >= 0.3 is 12.1 Å². The van der Waals surface area contributed by atoms with Crippen LogP contribution in [0.5, 0.6) is 0 Å². The Kier molecular flexibility index (Phi) is 4.65. The number of carbonyl (C=O) groups excluding carboxylic acids is 1. The van der Waals surface area contributed by atoms with Crippen LogP contribution in [0, 0.1) is 0 Å². The molecule has 1 N–H and O–H groups in total. The van der Waals surface area contributed by atoms with Gasteiger partial charge in [-0.05, 0) is 24.8 Å². The van der Waals surface area contributed by atoms with Gasteiger partial charge in [0.25, 0.3) is 0 Å². The van der Waals surface area contributed by atoms with Crippen LogP contribution in [-0.4, -0.2) is 29.7 Å². The minimum Gasteiger partial charge on any atom is -0.333 e. The van der Waals surface area contributed by atoms with E-state index in [1.807, 2.05) is 35.2 Å². The minimum absolute atomic E-state index is 0.543. The number of nitrogens with zero attached hydrogens (tertiary/aromatic N) is 1. The molecule has 0 bridgehead atoms. The third-order valence-electron chi connectivity index (χ3n) is 3.40. The molecule has 1 saturated heterocycles. The Balaban J connectivity index is 2.00. The summed E-state index contributed by atoms with van der Waals surface area (Å²) in [5.74, 6) is -1.86. The van der Waals surface area contributed by atoms with Crippen LogP contribution >= 0.6 is 0 Å². The van der Waals surface area contributed by atoms with Crippen LogP contribution in [0.15, 0.2) is 30.3 Å². The van der Waals surface area contributed by atoms with Gasteiger partial charge in [-0.15, -0.1) is 0 Å². The normalized spacial score (nSPS) is 20.6. The zero-order valence-corrected chi connectivity index (χ0v) is 11.0. The van der Waals surface area contributed by atoms with E-state index in [0.29, 0.717) is 19.5 Å². The average Bonchev–Trinajstić information content (AvgIpc) is 2.41. The first-order valence-corrected chi connectivity index (χ1v) is 6.62. The summed E-state index contributed by atoms with van der Waals surface area (Å²) in [6.07, 6.45) is -3.05. The van der Waals surface area contributed by atoms with Gasteiger partial charge < -0.3 is 5.32 Å². The second-order valence-electron chi connectivity index (χ2n) is 4.94. The Morgan fingerprint density at radius 3 is 2.60 bits per heavy atom. The summed E-state index contributed by atoms with van der Waals surface area (Å²) in [6, 6.07) is 9.53. The second-order valence-corrected chi connectivity index (χ2v) is 4.94. The van der Waals surface area contributed by atoms with Crippen molar-refractivity contribution < 1.29 is 18.0 Å². The maximum atomic E-state index is 12.3. The fourth-order valence-corrected chi connectivity index (χ4v) is 2.39. The summed E-state index contributed by atoms with van der Waals surface area (Å²) in [5, 5.41) is 2.09. The molecule has 20 heavy (non-hydrogen) atoms. The summed E-state index contributed by atoms with van der Waals surface area (Å²) in [4.78, 5) is 13.0. The molecule has 1 heterocycles. The zero-order chi connectivity index (χ0) is 14.6.